The zero-order chi connectivity index (χ0) is 12.3. The summed E-state index contributed by atoms with van der Waals surface area (Å²) in [6, 6.07) is 7.28. The van der Waals surface area contributed by atoms with Gasteiger partial charge in [-0.15, -0.1) is 17.0 Å². The maximum Gasteiger partial charge on any atom is 0.178 e. The molecule has 0 saturated carbocycles. The number of benzene rings is 1. The third-order valence-corrected chi connectivity index (χ3v) is 3.75. The summed E-state index contributed by atoms with van der Waals surface area (Å²) < 4.78 is 0. The molecule has 1 saturated heterocycles. The van der Waals surface area contributed by atoms with Gasteiger partial charge in [-0.1, -0.05) is 30.7 Å². The lowest BCUT2D eigenvalue weighted by Crippen LogP contribution is -2.36. The van der Waals surface area contributed by atoms with Crippen molar-refractivity contribution in [1.29, 1.82) is 0 Å². The van der Waals surface area contributed by atoms with Gasteiger partial charge in [0.2, 0.25) is 0 Å². The van der Waals surface area contributed by atoms with E-state index in [4.69, 9.17) is 11.6 Å². The molecule has 1 aliphatic rings. The fourth-order valence-corrected chi connectivity index (χ4v) is 2.44. The number of ketones is 1. The summed E-state index contributed by atoms with van der Waals surface area (Å²) >= 11 is 6.02. The van der Waals surface area contributed by atoms with E-state index in [9.17, 15) is 4.79 Å². The van der Waals surface area contributed by atoms with Crippen LogP contribution in [0, 0.1) is 5.92 Å². The van der Waals surface area contributed by atoms with E-state index in [2.05, 4.69) is 11.8 Å². The number of rotatable bonds is 3. The van der Waals surface area contributed by atoms with Crippen LogP contribution in [0.3, 0.4) is 0 Å². The molecule has 0 bridgehead atoms. The van der Waals surface area contributed by atoms with Gasteiger partial charge in [0.1, 0.15) is 0 Å². The summed E-state index contributed by atoms with van der Waals surface area (Å²) in [4.78, 5) is 14.3. The van der Waals surface area contributed by atoms with Crippen LogP contribution in [-0.2, 0) is 0 Å². The van der Waals surface area contributed by atoms with Crippen LogP contribution in [0.5, 0.6) is 0 Å². The highest BCUT2D eigenvalue weighted by Crippen LogP contribution is 2.19. The van der Waals surface area contributed by atoms with E-state index in [1.54, 1.807) is 12.1 Å². The van der Waals surface area contributed by atoms with Gasteiger partial charge in [0.25, 0.3) is 0 Å². The Morgan fingerprint density at radius 2 is 1.94 bits per heavy atom. The zero-order valence-electron chi connectivity index (χ0n) is 10.6. The van der Waals surface area contributed by atoms with Crippen LogP contribution >= 0.6 is 28.6 Å². The molecule has 18 heavy (non-hydrogen) atoms. The largest absolute Gasteiger partial charge is 0.296 e. The number of Topliss-reactive ketones (excluding diaryl/α,β-unsaturated/α-hetero) is 1. The number of carbonyl (C=O) groups excluding carboxylic acids is 1. The molecule has 0 amide bonds. The summed E-state index contributed by atoms with van der Waals surface area (Å²) in [5.41, 5.74) is 0.646. The van der Waals surface area contributed by atoms with Crippen molar-refractivity contribution in [3.05, 3.63) is 34.9 Å². The van der Waals surface area contributed by atoms with E-state index in [1.807, 2.05) is 12.1 Å². The van der Waals surface area contributed by atoms with Crippen molar-refractivity contribution in [1.82, 2.24) is 4.90 Å². The third kappa shape index (κ3) is 4.08. The minimum Gasteiger partial charge on any atom is -0.296 e. The Bertz CT molecular complexity index is 403. The number of carbonyl (C=O) groups is 1. The second kappa shape index (κ2) is 7.27. The lowest BCUT2D eigenvalue weighted by Gasteiger charge is -2.29. The van der Waals surface area contributed by atoms with E-state index in [0.717, 1.165) is 19.0 Å². The Morgan fingerprint density at radius 3 is 2.56 bits per heavy atom. The molecule has 0 aromatic heterocycles. The number of hydrogen-bond acceptors (Lipinski definition) is 2. The predicted molar refractivity (Wildman–Crippen MR) is 80.9 cm³/mol. The van der Waals surface area contributed by atoms with Crippen LogP contribution < -0.4 is 0 Å². The number of nitrogens with zero attached hydrogens (tertiary/aromatic N) is 1. The van der Waals surface area contributed by atoms with Crippen LogP contribution in [0.2, 0.25) is 5.02 Å². The molecule has 4 heteroatoms. The van der Waals surface area contributed by atoms with Crippen molar-refractivity contribution in [3.63, 3.8) is 0 Å². The normalized spacial score (nSPS) is 17.2. The second-order valence-electron chi connectivity index (χ2n) is 4.86. The SMILES string of the molecule is Br.CC1CCN(CC(=O)c2ccccc2Cl)CC1. The first-order valence-electron chi connectivity index (χ1n) is 6.17. The van der Waals surface area contributed by atoms with E-state index in [0.29, 0.717) is 17.1 Å². The minimum atomic E-state index is 0. The molecule has 0 N–H and O–H groups in total. The van der Waals surface area contributed by atoms with Gasteiger partial charge >= 0.3 is 0 Å². The van der Waals surface area contributed by atoms with Gasteiger partial charge in [0.15, 0.2) is 5.78 Å². The molecule has 2 rings (SSSR count). The topological polar surface area (TPSA) is 20.3 Å². The minimum absolute atomic E-state index is 0. The predicted octanol–water partition coefficient (Wildman–Crippen LogP) is 3.83. The molecule has 0 unspecified atom stereocenters. The first-order chi connectivity index (χ1) is 8.16. The van der Waals surface area contributed by atoms with Crippen LogP contribution in [0.25, 0.3) is 0 Å². The van der Waals surface area contributed by atoms with Crippen molar-refractivity contribution >= 4 is 34.4 Å². The standard InChI is InChI=1S/C14H18ClNO.BrH/c1-11-6-8-16(9-7-11)10-14(17)12-4-2-3-5-13(12)15;/h2-5,11H,6-10H2,1H3;1H. The Balaban J connectivity index is 0.00000162. The third-order valence-electron chi connectivity index (χ3n) is 3.42. The Morgan fingerprint density at radius 1 is 1.33 bits per heavy atom. The maximum absolute atomic E-state index is 12.1. The molecule has 0 spiro atoms. The van der Waals surface area contributed by atoms with Crippen LogP contribution in [-0.4, -0.2) is 30.3 Å². The van der Waals surface area contributed by atoms with Crippen molar-refractivity contribution in [2.24, 2.45) is 5.92 Å². The highest BCUT2D eigenvalue weighted by Gasteiger charge is 2.19. The van der Waals surface area contributed by atoms with Gasteiger partial charge in [-0.2, -0.15) is 0 Å². The fraction of sp³-hybridized carbons (Fsp3) is 0.500. The average Bonchev–Trinajstić information content (AvgIpc) is 2.32. The van der Waals surface area contributed by atoms with Crippen LogP contribution in [0.15, 0.2) is 24.3 Å². The molecule has 1 heterocycles. The molecule has 1 aliphatic heterocycles. The number of halogens is 2. The molecular formula is C14H19BrClNO. The molecule has 1 aromatic rings. The summed E-state index contributed by atoms with van der Waals surface area (Å²) in [6.07, 6.45) is 2.38. The molecular weight excluding hydrogens is 314 g/mol. The molecule has 0 radical (unpaired) electrons. The van der Waals surface area contributed by atoms with Gasteiger partial charge in [-0.05, 0) is 44.0 Å². The molecule has 0 atom stereocenters. The summed E-state index contributed by atoms with van der Waals surface area (Å²) in [5.74, 6) is 0.923. The van der Waals surface area contributed by atoms with Crippen molar-refractivity contribution in [2.75, 3.05) is 19.6 Å². The van der Waals surface area contributed by atoms with Gasteiger partial charge < -0.3 is 0 Å². The number of likely N-dealkylation sites (tertiary alicyclic amines) is 1. The maximum atomic E-state index is 12.1. The molecule has 0 aliphatic carbocycles. The molecule has 2 nitrogen and oxygen atoms in total. The lowest BCUT2D eigenvalue weighted by molar-refractivity contribution is 0.0900. The number of hydrogen-bond donors (Lipinski definition) is 0. The van der Waals surface area contributed by atoms with Gasteiger partial charge in [-0.25, -0.2) is 0 Å². The smallest absolute Gasteiger partial charge is 0.178 e. The second-order valence-corrected chi connectivity index (χ2v) is 5.27. The summed E-state index contributed by atoms with van der Waals surface area (Å²) in [5, 5.41) is 0.558. The Kier molecular flexibility index (Phi) is 6.33. The highest BCUT2D eigenvalue weighted by molar-refractivity contribution is 8.93. The van der Waals surface area contributed by atoms with Crippen molar-refractivity contribution in [2.45, 2.75) is 19.8 Å². The molecule has 1 fully saturated rings. The first-order valence-corrected chi connectivity index (χ1v) is 6.54. The first kappa shape index (κ1) is 15.7. The van der Waals surface area contributed by atoms with E-state index < -0.39 is 0 Å². The van der Waals surface area contributed by atoms with Crippen LogP contribution in [0.4, 0.5) is 0 Å². The lowest BCUT2D eigenvalue weighted by atomic mass is 9.99. The number of piperidine rings is 1. The Labute approximate surface area is 124 Å². The quantitative estimate of drug-likeness (QED) is 0.784. The van der Waals surface area contributed by atoms with Crippen LogP contribution in [0.1, 0.15) is 30.1 Å². The highest BCUT2D eigenvalue weighted by atomic mass is 79.9. The van der Waals surface area contributed by atoms with Crippen molar-refractivity contribution in [3.8, 4) is 0 Å². The van der Waals surface area contributed by atoms with E-state index in [-0.39, 0.29) is 22.8 Å². The van der Waals surface area contributed by atoms with Gasteiger partial charge in [-0.3, -0.25) is 9.69 Å². The van der Waals surface area contributed by atoms with Crippen molar-refractivity contribution < 1.29 is 4.79 Å². The van der Waals surface area contributed by atoms with E-state index in [1.165, 1.54) is 12.8 Å². The zero-order valence-corrected chi connectivity index (χ0v) is 13.0. The summed E-state index contributed by atoms with van der Waals surface area (Å²) in [7, 11) is 0. The fourth-order valence-electron chi connectivity index (χ4n) is 2.20. The molecule has 100 valence electrons. The average molecular weight is 333 g/mol. The van der Waals surface area contributed by atoms with Gasteiger partial charge in [0.05, 0.1) is 11.6 Å². The summed E-state index contributed by atoms with van der Waals surface area (Å²) in [6.45, 7) is 4.82. The van der Waals surface area contributed by atoms with Gasteiger partial charge in [0, 0.05) is 5.56 Å². The molecule has 1 aromatic carbocycles. The monoisotopic (exact) mass is 331 g/mol. The Hall–Kier alpha value is -0.380. The van der Waals surface area contributed by atoms with E-state index >= 15 is 0 Å².